The minimum absolute atomic E-state index is 0. The Morgan fingerprint density at radius 1 is 1.10 bits per heavy atom. The van der Waals surface area contributed by atoms with E-state index in [2.05, 4.69) is 0 Å². The summed E-state index contributed by atoms with van der Waals surface area (Å²) >= 11 is 0. The van der Waals surface area contributed by atoms with Gasteiger partial charge in [-0.1, -0.05) is 0 Å². The molecule has 10 heavy (non-hydrogen) atoms. The van der Waals surface area contributed by atoms with Crippen LogP contribution in [0, 0.1) is 0 Å². The van der Waals surface area contributed by atoms with Crippen LogP contribution in [0.3, 0.4) is 0 Å². The Balaban J connectivity index is -0.0000000900. The standard InChI is InChI=1S/C4H8O.Li.N3.H4Si/c1-2-4-5-3-1;;1-3-2;/h1-4H2;;;1H4/q;+1;-1;. The van der Waals surface area contributed by atoms with E-state index in [4.69, 9.17) is 15.8 Å². The summed E-state index contributed by atoms with van der Waals surface area (Å²) in [5.74, 6) is 0. The van der Waals surface area contributed by atoms with Crippen LogP contribution in [0.4, 0.5) is 0 Å². The van der Waals surface area contributed by atoms with Gasteiger partial charge in [0.15, 0.2) is 0 Å². The van der Waals surface area contributed by atoms with Gasteiger partial charge in [-0.05, 0) is 23.8 Å². The van der Waals surface area contributed by atoms with Crippen LogP contribution in [-0.4, -0.2) is 24.2 Å². The molecule has 0 saturated carbocycles. The molecule has 0 N–H and O–H groups in total. The van der Waals surface area contributed by atoms with Crippen LogP contribution in [0.25, 0.3) is 16.0 Å². The first-order chi connectivity index (χ1) is 3.91. The van der Waals surface area contributed by atoms with Crippen molar-refractivity contribution in [3.63, 3.8) is 0 Å². The first-order valence-electron chi connectivity index (χ1n) is 2.48. The first kappa shape index (κ1) is 16.6. The van der Waals surface area contributed by atoms with Crippen molar-refractivity contribution in [2.24, 2.45) is 0 Å². The monoisotopic (exact) mass is 153 g/mol. The van der Waals surface area contributed by atoms with Crippen LogP contribution in [0.1, 0.15) is 12.8 Å². The third kappa shape index (κ3) is 15.7. The second-order valence-electron chi connectivity index (χ2n) is 1.41. The number of nitrogens with zero attached hydrogens (tertiary/aromatic N) is 3. The molecule has 0 aromatic heterocycles. The van der Waals surface area contributed by atoms with Gasteiger partial charge in [0.05, 0.1) is 0 Å². The smallest absolute Gasteiger partial charge is 0.381 e. The average Bonchev–Trinajstić information content (AvgIpc) is 2.17. The molecule has 6 heteroatoms. The van der Waals surface area contributed by atoms with E-state index in [-0.39, 0.29) is 29.8 Å². The molecule has 0 bridgehead atoms. The molecule has 0 radical (unpaired) electrons. The minimum Gasteiger partial charge on any atom is -0.381 e. The molecular formula is C4H12LiN3OSi. The van der Waals surface area contributed by atoms with Crippen molar-refractivity contribution in [1.82, 2.24) is 0 Å². The van der Waals surface area contributed by atoms with Crippen LogP contribution < -0.4 is 18.9 Å². The van der Waals surface area contributed by atoms with E-state index in [0.717, 1.165) is 13.2 Å². The molecule has 1 fully saturated rings. The zero-order valence-electron chi connectivity index (χ0n) is 5.58. The summed E-state index contributed by atoms with van der Waals surface area (Å²) in [6, 6.07) is 0. The first-order valence-corrected chi connectivity index (χ1v) is 2.48. The molecule has 0 unspecified atom stereocenters. The van der Waals surface area contributed by atoms with Gasteiger partial charge < -0.3 is 15.8 Å². The maximum atomic E-state index is 6.75. The van der Waals surface area contributed by atoms with Crippen molar-refractivity contribution in [2.45, 2.75) is 12.8 Å². The zero-order chi connectivity index (χ0) is 6.24. The Morgan fingerprint density at radius 3 is 1.50 bits per heavy atom. The summed E-state index contributed by atoms with van der Waals surface area (Å²) in [7, 11) is 0. The van der Waals surface area contributed by atoms with Crippen molar-refractivity contribution in [3.8, 4) is 0 Å². The molecule has 0 atom stereocenters. The van der Waals surface area contributed by atoms with Crippen molar-refractivity contribution in [2.75, 3.05) is 13.2 Å². The Kier molecular flexibility index (Phi) is 26.6. The third-order valence-corrected chi connectivity index (χ3v) is 0.827. The topological polar surface area (TPSA) is 67.9 Å². The molecule has 1 aliphatic rings. The number of hydrogen-bond acceptors (Lipinski definition) is 1. The molecule has 1 rings (SSSR count). The largest absolute Gasteiger partial charge is 1.00 e. The van der Waals surface area contributed by atoms with E-state index in [1.54, 1.807) is 0 Å². The summed E-state index contributed by atoms with van der Waals surface area (Å²) in [5, 5.41) is 0. The van der Waals surface area contributed by atoms with Gasteiger partial charge in [0, 0.05) is 13.2 Å². The maximum absolute atomic E-state index is 6.75. The Hall–Kier alpha value is 0.0843. The molecule has 0 spiro atoms. The molecule has 54 valence electrons. The van der Waals surface area contributed by atoms with E-state index in [0.29, 0.717) is 0 Å². The van der Waals surface area contributed by atoms with Gasteiger partial charge >= 0.3 is 18.9 Å². The summed E-state index contributed by atoms with van der Waals surface area (Å²) < 4.78 is 4.94. The van der Waals surface area contributed by atoms with Gasteiger partial charge in [0.25, 0.3) is 0 Å². The number of hydrogen-bond donors (Lipinski definition) is 0. The van der Waals surface area contributed by atoms with E-state index in [9.17, 15) is 0 Å². The fraction of sp³-hybridized carbons (Fsp3) is 1.00. The predicted molar refractivity (Wildman–Crippen MR) is 41.5 cm³/mol. The Labute approximate surface area is 76.9 Å². The van der Waals surface area contributed by atoms with Gasteiger partial charge in [-0.3, -0.25) is 4.91 Å². The molecular weight excluding hydrogens is 141 g/mol. The van der Waals surface area contributed by atoms with Gasteiger partial charge in [-0.15, -0.1) is 0 Å². The average molecular weight is 153 g/mol. The molecule has 1 heterocycles. The summed E-state index contributed by atoms with van der Waals surface area (Å²) in [6.07, 6.45) is 2.56. The third-order valence-electron chi connectivity index (χ3n) is 0.827. The fourth-order valence-corrected chi connectivity index (χ4v) is 0.510. The van der Waals surface area contributed by atoms with Crippen molar-refractivity contribution < 1.29 is 23.6 Å². The van der Waals surface area contributed by atoms with Gasteiger partial charge in [-0.2, -0.15) is 0 Å². The number of ether oxygens (including phenoxy) is 1. The van der Waals surface area contributed by atoms with Crippen LogP contribution in [0.5, 0.6) is 0 Å². The zero-order valence-corrected chi connectivity index (χ0v) is 5.58. The van der Waals surface area contributed by atoms with E-state index in [1.807, 2.05) is 0 Å². The van der Waals surface area contributed by atoms with E-state index in [1.165, 1.54) is 17.8 Å². The number of rotatable bonds is 0. The molecule has 1 aliphatic heterocycles. The summed E-state index contributed by atoms with van der Waals surface area (Å²) in [4.78, 5) is 1.50. The SMILES string of the molecule is C1CCOC1.[Li+].[N-]=[N+]=[N-].[SiH4]. The second kappa shape index (κ2) is 16.0. The normalized spacial score (nSPS) is 12.8. The quantitative estimate of drug-likeness (QED) is 0.160. The molecule has 4 nitrogen and oxygen atoms in total. The second-order valence-corrected chi connectivity index (χ2v) is 1.41. The molecule has 0 aromatic carbocycles. The van der Waals surface area contributed by atoms with Crippen molar-refractivity contribution in [3.05, 3.63) is 16.0 Å². The van der Waals surface area contributed by atoms with Crippen LogP contribution in [0.15, 0.2) is 0 Å². The van der Waals surface area contributed by atoms with Gasteiger partial charge in [0.2, 0.25) is 0 Å². The van der Waals surface area contributed by atoms with Crippen LogP contribution in [0.2, 0.25) is 0 Å². The molecule has 0 amide bonds. The molecule has 0 aliphatic carbocycles. The Morgan fingerprint density at radius 2 is 1.40 bits per heavy atom. The van der Waals surface area contributed by atoms with E-state index < -0.39 is 0 Å². The van der Waals surface area contributed by atoms with Gasteiger partial charge in [0.1, 0.15) is 0 Å². The fourth-order valence-electron chi connectivity index (χ4n) is 0.510. The summed E-state index contributed by atoms with van der Waals surface area (Å²) in [6.45, 7) is 2.00. The molecule has 1 saturated heterocycles. The van der Waals surface area contributed by atoms with Gasteiger partial charge in [-0.25, -0.2) is 0 Å². The van der Waals surface area contributed by atoms with Crippen LogP contribution >= 0.6 is 0 Å². The van der Waals surface area contributed by atoms with E-state index >= 15 is 0 Å². The predicted octanol–water partition coefficient (Wildman–Crippen LogP) is -2.78. The van der Waals surface area contributed by atoms with Crippen molar-refractivity contribution >= 4 is 11.0 Å². The minimum atomic E-state index is 0. The summed E-state index contributed by atoms with van der Waals surface area (Å²) in [5.41, 5.74) is 13.5. The maximum Gasteiger partial charge on any atom is 1.00 e. The Bertz CT molecular complexity index is 75.0. The molecule has 0 aromatic rings. The van der Waals surface area contributed by atoms with Crippen LogP contribution in [-0.2, 0) is 4.74 Å². The van der Waals surface area contributed by atoms with Crippen molar-refractivity contribution in [1.29, 1.82) is 0 Å².